The average molecular weight is 410 g/mol. The van der Waals surface area contributed by atoms with Gasteiger partial charge in [-0.15, -0.1) is 0 Å². The minimum absolute atomic E-state index is 0.0480. The highest BCUT2D eigenvalue weighted by Gasteiger charge is 2.18. The van der Waals surface area contributed by atoms with Crippen molar-refractivity contribution in [2.45, 2.75) is 40.7 Å². The van der Waals surface area contributed by atoms with E-state index in [1.54, 1.807) is 30.0 Å². The summed E-state index contributed by atoms with van der Waals surface area (Å²) in [7, 11) is 0. The molecule has 1 unspecified atom stereocenters. The number of hydrogen-bond donors (Lipinski definition) is 0. The molecule has 0 aliphatic heterocycles. The van der Waals surface area contributed by atoms with Crippen LogP contribution < -0.4 is 4.74 Å². The van der Waals surface area contributed by atoms with E-state index in [-0.39, 0.29) is 18.6 Å². The van der Waals surface area contributed by atoms with Crippen LogP contribution in [0.15, 0.2) is 54.6 Å². The molecule has 0 aromatic heterocycles. The molecule has 0 spiro atoms. The zero-order chi connectivity index (χ0) is 22.1. The van der Waals surface area contributed by atoms with Crippen LogP contribution in [0.5, 0.6) is 5.75 Å². The van der Waals surface area contributed by atoms with Crippen LogP contribution in [0.25, 0.3) is 5.57 Å². The van der Waals surface area contributed by atoms with E-state index < -0.39 is 5.97 Å². The predicted molar refractivity (Wildman–Crippen MR) is 119 cm³/mol. The van der Waals surface area contributed by atoms with Gasteiger partial charge < -0.3 is 14.4 Å². The first-order chi connectivity index (χ1) is 14.4. The van der Waals surface area contributed by atoms with Gasteiger partial charge >= 0.3 is 5.97 Å². The number of ether oxygens (including phenoxy) is 2. The third-order valence-electron chi connectivity index (χ3n) is 4.92. The number of hydrogen-bond acceptors (Lipinski definition) is 4. The summed E-state index contributed by atoms with van der Waals surface area (Å²) in [4.78, 5) is 26.7. The third kappa shape index (κ3) is 5.96. The van der Waals surface area contributed by atoms with E-state index in [9.17, 15) is 9.59 Å². The number of amides is 1. The van der Waals surface area contributed by atoms with Gasteiger partial charge in [-0.2, -0.15) is 0 Å². The van der Waals surface area contributed by atoms with Crippen LogP contribution in [0.3, 0.4) is 0 Å². The molecule has 5 heteroatoms. The van der Waals surface area contributed by atoms with Crippen molar-refractivity contribution >= 4 is 17.4 Å². The molecule has 5 nitrogen and oxygen atoms in total. The summed E-state index contributed by atoms with van der Waals surface area (Å²) in [5.41, 5.74) is 2.91. The van der Waals surface area contributed by atoms with Gasteiger partial charge in [0.15, 0.2) is 0 Å². The van der Waals surface area contributed by atoms with E-state index in [1.165, 1.54) is 0 Å². The van der Waals surface area contributed by atoms with Crippen molar-refractivity contribution in [3.63, 3.8) is 0 Å². The molecule has 1 atom stereocenters. The first kappa shape index (κ1) is 23.2. The topological polar surface area (TPSA) is 55.8 Å². The van der Waals surface area contributed by atoms with Crippen LogP contribution in [-0.2, 0) is 9.53 Å². The molecule has 30 heavy (non-hydrogen) atoms. The highest BCUT2D eigenvalue weighted by molar-refractivity contribution is 5.97. The zero-order valence-electron chi connectivity index (χ0n) is 18.5. The van der Waals surface area contributed by atoms with Crippen LogP contribution in [0.4, 0.5) is 0 Å². The van der Waals surface area contributed by atoms with Gasteiger partial charge in [-0.25, -0.2) is 4.79 Å². The Hall–Kier alpha value is -3.08. The number of likely N-dealkylation sites (N-methyl/N-ethyl adjacent to an activating group) is 1. The maximum Gasteiger partial charge on any atom is 0.341 e. The van der Waals surface area contributed by atoms with Crippen molar-refractivity contribution in [1.82, 2.24) is 4.90 Å². The largest absolute Gasteiger partial charge is 0.485 e. The highest BCUT2D eigenvalue weighted by atomic mass is 16.5. The van der Waals surface area contributed by atoms with Gasteiger partial charge in [-0.3, -0.25) is 4.79 Å². The molecule has 0 bridgehead atoms. The van der Waals surface area contributed by atoms with E-state index >= 15 is 0 Å². The lowest BCUT2D eigenvalue weighted by molar-refractivity contribution is -0.125. The molecule has 2 aromatic rings. The number of benzene rings is 2. The van der Waals surface area contributed by atoms with Gasteiger partial charge in [0.05, 0.1) is 6.61 Å². The Bertz CT molecular complexity index is 885. The number of rotatable bonds is 9. The van der Waals surface area contributed by atoms with Crippen molar-refractivity contribution < 1.29 is 19.1 Å². The van der Waals surface area contributed by atoms with Crippen molar-refractivity contribution in [2.24, 2.45) is 0 Å². The first-order valence-corrected chi connectivity index (χ1v) is 10.4. The van der Waals surface area contributed by atoms with Crippen LogP contribution >= 0.6 is 0 Å². The number of nitrogens with zero attached hydrogens (tertiary/aromatic N) is 1. The minimum Gasteiger partial charge on any atom is -0.485 e. The van der Waals surface area contributed by atoms with Gasteiger partial charge in [0.2, 0.25) is 5.91 Å². The van der Waals surface area contributed by atoms with Crippen LogP contribution in [0.2, 0.25) is 0 Å². The summed E-state index contributed by atoms with van der Waals surface area (Å²) in [5, 5.41) is 0. The maximum atomic E-state index is 12.6. The Kier molecular flexibility index (Phi) is 8.66. The summed E-state index contributed by atoms with van der Waals surface area (Å²) in [6.07, 6.45) is 1.37. The monoisotopic (exact) mass is 409 g/mol. The summed E-state index contributed by atoms with van der Waals surface area (Å²) in [5.74, 6) is -0.0397. The lowest BCUT2D eigenvalue weighted by atomic mass is 10.0. The Labute approximate surface area is 179 Å². The lowest BCUT2D eigenvalue weighted by Crippen LogP contribution is -2.28. The molecule has 0 aliphatic carbocycles. The molecule has 160 valence electrons. The van der Waals surface area contributed by atoms with E-state index in [4.69, 9.17) is 9.47 Å². The van der Waals surface area contributed by atoms with E-state index in [0.29, 0.717) is 24.4 Å². The Morgan fingerprint density at radius 1 is 1.03 bits per heavy atom. The Balaban J connectivity index is 2.36. The fraction of sp³-hybridized carbons (Fsp3) is 0.360. The average Bonchev–Trinajstić information content (AvgIpc) is 2.75. The molecule has 0 fully saturated rings. The van der Waals surface area contributed by atoms with Crippen LogP contribution in [-0.4, -0.2) is 36.5 Å². The number of esters is 1. The van der Waals surface area contributed by atoms with E-state index in [1.807, 2.05) is 64.1 Å². The molecule has 0 aliphatic rings. The van der Waals surface area contributed by atoms with Gasteiger partial charge in [-0.05, 0) is 63.5 Å². The molecule has 1 amide bonds. The fourth-order valence-corrected chi connectivity index (χ4v) is 3.12. The van der Waals surface area contributed by atoms with Crippen molar-refractivity contribution in [3.05, 3.63) is 71.3 Å². The van der Waals surface area contributed by atoms with Gasteiger partial charge in [0.1, 0.15) is 17.4 Å². The first-order valence-electron chi connectivity index (χ1n) is 10.4. The Morgan fingerprint density at radius 3 is 2.30 bits per heavy atom. The van der Waals surface area contributed by atoms with Crippen molar-refractivity contribution in [3.8, 4) is 5.75 Å². The maximum absolute atomic E-state index is 12.6. The molecule has 0 N–H and O–H groups in total. The third-order valence-corrected chi connectivity index (χ3v) is 4.92. The smallest absolute Gasteiger partial charge is 0.341 e. The number of carbonyl (C=O) groups is 2. The van der Waals surface area contributed by atoms with Gasteiger partial charge in [0.25, 0.3) is 0 Å². The second-order valence-corrected chi connectivity index (χ2v) is 6.94. The van der Waals surface area contributed by atoms with E-state index in [2.05, 4.69) is 0 Å². The SMILES string of the molecule is CCOC(=O)c1cc(/C(C)=C/C(=O)N(CC)CC)ccc1OC(C)c1ccccc1. The molecule has 2 rings (SSSR count). The normalized spacial score (nSPS) is 12.2. The molecular weight excluding hydrogens is 378 g/mol. The van der Waals surface area contributed by atoms with Crippen LogP contribution in [0, 0.1) is 0 Å². The van der Waals surface area contributed by atoms with E-state index in [0.717, 1.165) is 16.7 Å². The summed E-state index contributed by atoms with van der Waals surface area (Å²) in [6, 6.07) is 15.2. The standard InChI is InChI=1S/C25H31NO4/c1-6-26(7-2)24(27)16-18(4)21-14-15-23(22(17-21)25(28)29-8-3)30-19(5)20-12-10-9-11-13-20/h9-17,19H,6-8H2,1-5H3/b18-16+. The molecule has 2 aromatic carbocycles. The van der Waals surface area contributed by atoms with Gasteiger partial charge in [-0.1, -0.05) is 36.4 Å². The summed E-state index contributed by atoms with van der Waals surface area (Å²) in [6.45, 7) is 11.0. The Morgan fingerprint density at radius 2 is 1.70 bits per heavy atom. The number of allylic oxidation sites excluding steroid dienone is 1. The minimum atomic E-state index is -0.447. The number of carbonyl (C=O) groups excluding carboxylic acids is 2. The van der Waals surface area contributed by atoms with Gasteiger partial charge in [0, 0.05) is 19.2 Å². The zero-order valence-corrected chi connectivity index (χ0v) is 18.5. The fourth-order valence-electron chi connectivity index (χ4n) is 3.12. The lowest BCUT2D eigenvalue weighted by Gasteiger charge is -2.19. The molecular formula is C25H31NO4. The van der Waals surface area contributed by atoms with Crippen molar-refractivity contribution in [2.75, 3.05) is 19.7 Å². The van der Waals surface area contributed by atoms with Crippen molar-refractivity contribution in [1.29, 1.82) is 0 Å². The molecule has 0 heterocycles. The quantitative estimate of drug-likeness (QED) is 0.418. The second kappa shape index (κ2) is 11.2. The predicted octanol–water partition coefficient (Wildman–Crippen LogP) is 5.28. The summed E-state index contributed by atoms with van der Waals surface area (Å²) < 4.78 is 11.3. The molecule has 0 saturated heterocycles. The van der Waals surface area contributed by atoms with Crippen LogP contribution in [0.1, 0.15) is 62.2 Å². The molecule has 0 radical (unpaired) electrons. The second-order valence-electron chi connectivity index (χ2n) is 6.94. The summed E-state index contributed by atoms with van der Waals surface area (Å²) >= 11 is 0. The molecule has 0 saturated carbocycles. The highest BCUT2D eigenvalue weighted by Crippen LogP contribution is 2.29.